The summed E-state index contributed by atoms with van der Waals surface area (Å²) < 4.78 is 11.6. The lowest BCUT2D eigenvalue weighted by Crippen LogP contribution is -2.02. The van der Waals surface area contributed by atoms with E-state index in [1.807, 2.05) is 11.7 Å². The van der Waals surface area contributed by atoms with Crippen molar-refractivity contribution < 1.29 is 9.37 Å². The molecule has 4 rings (SSSR count). The molecular weight excluding hydrogens is 426 g/mol. The second-order valence-electron chi connectivity index (χ2n) is 9.59. The van der Waals surface area contributed by atoms with E-state index in [1.54, 1.807) is 0 Å². The van der Waals surface area contributed by atoms with Gasteiger partial charge in [0, 0.05) is 10.9 Å². The number of ether oxygens (including phenoxy) is 1. The number of fused-ring (bicyclic) bond motifs is 5. The Morgan fingerprint density at radius 1 is 0.647 bits per heavy atom. The molecule has 0 fully saturated rings. The molecule has 7 heteroatoms. The monoisotopic (exact) mass is 465 g/mol. The van der Waals surface area contributed by atoms with Gasteiger partial charge in [-0.25, -0.2) is 4.63 Å². The zero-order chi connectivity index (χ0) is 24.1. The number of benzene rings is 2. The summed E-state index contributed by atoms with van der Waals surface area (Å²) in [5.41, 5.74) is 6.58. The summed E-state index contributed by atoms with van der Waals surface area (Å²) in [6, 6.07) is 0. The molecule has 0 aliphatic heterocycles. The van der Waals surface area contributed by atoms with Crippen LogP contribution in [0.2, 0.25) is 0 Å². The average Bonchev–Trinajstić information content (AvgIpc) is 3.48. The van der Waals surface area contributed by atoms with Crippen LogP contribution in [0.5, 0.6) is 5.75 Å². The highest BCUT2D eigenvalue weighted by Crippen LogP contribution is 2.42. The first-order valence-corrected chi connectivity index (χ1v) is 13.1. The van der Waals surface area contributed by atoms with E-state index in [2.05, 4.69) is 38.0 Å². The van der Waals surface area contributed by atoms with Crippen LogP contribution >= 0.6 is 0 Å². The Morgan fingerprint density at radius 3 is 2.06 bits per heavy atom. The van der Waals surface area contributed by atoms with E-state index in [1.165, 1.54) is 51.4 Å². The van der Waals surface area contributed by atoms with E-state index in [9.17, 15) is 0 Å². The fourth-order valence-electron chi connectivity index (χ4n) is 4.87. The predicted octanol–water partition coefficient (Wildman–Crippen LogP) is 7.37. The summed E-state index contributed by atoms with van der Waals surface area (Å²) in [6.45, 7) is 12.3. The minimum Gasteiger partial charge on any atom is -0.492 e. The first-order valence-electron chi connectivity index (χ1n) is 13.1. The lowest BCUT2D eigenvalue weighted by atomic mass is 9.95. The van der Waals surface area contributed by atoms with Gasteiger partial charge in [-0.15, -0.1) is 0 Å². The van der Waals surface area contributed by atoms with Gasteiger partial charge in [0.2, 0.25) is 0 Å². The van der Waals surface area contributed by atoms with Crippen LogP contribution in [-0.2, 0) is 6.54 Å². The molecule has 0 radical (unpaired) electrons. The first kappa shape index (κ1) is 24.4. The van der Waals surface area contributed by atoms with E-state index in [0.717, 1.165) is 74.7 Å². The van der Waals surface area contributed by atoms with E-state index in [4.69, 9.17) is 19.6 Å². The molecule has 2 aromatic heterocycles. The maximum Gasteiger partial charge on any atom is 0.143 e. The zero-order valence-corrected chi connectivity index (χ0v) is 21.5. The Balaban J connectivity index is 1.75. The van der Waals surface area contributed by atoms with E-state index in [-0.39, 0.29) is 0 Å². The standard InChI is InChI=1S/C27H39N5O2/c1-6-8-10-12-13-14-16-32-28-23-19(4)18(3)21-22(25(23)29-32)27(33-17-15-11-9-7-2)20(5)24-26(21)31-34-30-24/h6-17H2,1-5H3. The lowest BCUT2D eigenvalue weighted by molar-refractivity contribution is 0.306. The second kappa shape index (κ2) is 11.2. The molecule has 184 valence electrons. The van der Waals surface area contributed by atoms with Gasteiger partial charge in [0.15, 0.2) is 0 Å². The van der Waals surface area contributed by atoms with Crippen molar-refractivity contribution in [1.29, 1.82) is 0 Å². The SMILES string of the molecule is CCCCCCCCn1nc2c(C)c(C)c3c4nonc4c(C)c(OCCCCCC)c3c2n1. The van der Waals surface area contributed by atoms with Crippen LogP contribution in [0.4, 0.5) is 0 Å². The number of unbranched alkanes of at least 4 members (excludes halogenated alkanes) is 8. The molecule has 0 atom stereocenters. The van der Waals surface area contributed by atoms with E-state index in [0.29, 0.717) is 6.61 Å². The van der Waals surface area contributed by atoms with Crippen molar-refractivity contribution in [2.45, 2.75) is 105 Å². The van der Waals surface area contributed by atoms with Gasteiger partial charge in [0.25, 0.3) is 0 Å². The van der Waals surface area contributed by atoms with Crippen molar-refractivity contribution in [2.24, 2.45) is 0 Å². The third-order valence-electron chi connectivity index (χ3n) is 7.04. The van der Waals surface area contributed by atoms with Gasteiger partial charge < -0.3 is 4.74 Å². The highest BCUT2D eigenvalue weighted by molar-refractivity contribution is 6.19. The molecule has 0 saturated carbocycles. The van der Waals surface area contributed by atoms with Gasteiger partial charge in [0.05, 0.1) is 18.5 Å². The maximum atomic E-state index is 6.44. The van der Waals surface area contributed by atoms with E-state index < -0.39 is 0 Å². The number of aromatic nitrogens is 5. The molecule has 34 heavy (non-hydrogen) atoms. The van der Waals surface area contributed by atoms with Crippen molar-refractivity contribution in [3.05, 3.63) is 16.7 Å². The van der Waals surface area contributed by atoms with Gasteiger partial charge in [-0.05, 0) is 55.1 Å². The third kappa shape index (κ3) is 4.75. The highest BCUT2D eigenvalue weighted by Gasteiger charge is 2.24. The molecule has 2 heterocycles. The molecule has 0 bridgehead atoms. The second-order valence-corrected chi connectivity index (χ2v) is 9.59. The highest BCUT2D eigenvalue weighted by atomic mass is 16.6. The van der Waals surface area contributed by atoms with Crippen molar-refractivity contribution in [3.8, 4) is 5.75 Å². The normalized spacial score (nSPS) is 11.9. The topological polar surface area (TPSA) is 78.9 Å². The van der Waals surface area contributed by atoms with Gasteiger partial charge in [0.1, 0.15) is 27.8 Å². The zero-order valence-electron chi connectivity index (χ0n) is 21.5. The van der Waals surface area contributed by atoms with Crippen LogP contribution in [0.15, 0.2) is 4.63 Å². The minimum absolute atomic E-state index is 0.674. The Morgan fingerprint density at radius 2 is 1.29 bits per heavy atom. The summed E-state index contributed by atoms with van der Waals surface area (Å²) >= 11 is 0. The van der Waals surface area contributed by atoms with Gasteiger partial charge in [-0.3, -0.25) is 0 Å². The average molecular weight is 466 g/mol. The molecular formula is C27H39N5O2. The number of hydrogen-bond donors (Lipinski definition) is 0. The van der Waals surface area contributed by atoms with Gasteiger partial charge in [-0.1, -0.05) is 65.2 Å². The Bertz CT molecular complexity index is 1260. The molecule has 0 spiro atoms. The molecule has 2 aromatic carbocycles. The molecule has 7 nitrogen and oxygen atoms in total. The fourth-order valence-corrected chi connectivity index (χ4v) is 4.87. The van der Waals surface area contributed by atoms with Crippen molar-refractivity contribution in [3.63, 3.8) is 0 Å². The summed E-state index contributed by atoms with van der Waals surface area (Å²) in [7, 11) is 0. The van der Waals surface area contributed by atoms with Crippen LogP contribution in [0.25, 0.3) is 32.8 Å². The number of aryl methyl sites for hydroxylation is 4. The Labute approximate surface area is 202 Å². The van der Waals surface area contributed by atoms with Gasteiger partial charge in [-0.2, -0.15) is 15.0 Å². The molecule has 0 amide bonds. The Kier molecular flexibility index (Phi) is 8.01. The van der Waals surface area contributed by atoms with Crippen LogP contribution in [0.1, 0.15) is 94.7 Å². The number of rotatable bonds is 13. The lowest BCUT2D eigenvalue weighted by Gasteiger charge is -2.15. The summed E-state index contributed by atoms with van der Waals surface area (Å²) in [4.78, 5) is 1.88. The first-order chi connectivity index (χ1) is 16.6. The molecule has 0 aliphatic rings. The van der Waals surface area contributed by atoms with Gasteiger partial charge >= 0.3 is 0 Å². The van der Waals surface area contributed by atoms with Crippen LogP contribution < -0.4 is 4.74 Å². The number of nitrogens with zero attached hydrogens (tertiary/aromatic N) is 5. The predicted molar refractivity (Wildman–Crippen MR) is 138 cm³/mol. The quantitative estimate of drug-likeness (QED) is 0.192. The molecule has 0 saturated heterocycles. The Hall–Kier alpha value is -2.70. The van der Waals surface area contributed by atoms with Crippen molar-refractivity contribution in [2.75, 3.05) is 6.61 Å². The van der Waals surface area contributed by atoms with Crippen LogP contribution in [0, 0.1) is 20.8 Å². The summed E-state index contributed by atoms with van der Waals surface area (Å²) in [6.07, 6.45) is 12.1. The van der Waals surface area contributed by atoms with Crippen molar-refractivity contribution >= 4 is 32.8 Å². The molecule has 0 N–H and O–H groups in total. The fraction of sp³-hybridized carbons (Fsp3) is 0.630. The largest absolute Gasteiger partial charge is 0.492 e. The smallest absolute Gasteiger partial charge is 0.143 e. The minimum atomic E-state index is 0.674. The summed E-state index contributed by atoms with van der Waals surface area (Å²) in [5.74, 6) is 0.842. The molecule has 4 aromatic rings. The van der Waals surface area contributed by atoms with Crippen LogP contribution in [0.3, 0.4) is 0 Å². The number of hydrogen-bond acceptors (Lipinski definition) is 6. The van der Waals surface area contributed by atoms with Crippen molar-refractivity contribution in [1.82, 2.24) is 25.3 Å². The summed E-state index contributed by atoms with van der Waals surface area (Å²) in [5, 5.41) is 20.4. The molecule has 0 aliphatic carbocycles. The maximum absolute atomic E-state index is 6.44. The third-order valence-corrected chi connectivity index (χ3v) is 7.04. The molecule has 0 unspecified atom stereocenters. The van der Waals surface area contributed by atoms with E-state index >= 15 is 0 Å². The van der Waals surface area contributed by atoms with Crippen LogP contribution in [-0.4, -0.2) is 31.9 Å².